The van der Waals surface area contributed by atoms with Crippen molar-refractivity contribution >= 4 is 5.84 Å². The molecule has 0 saturated heterocycles. The van der Waals surface area contributed by atoms with Crippen LogP contribution in [0.5, 0.6) is 11.5 Å². The molecule has 6 heteroatoms. The Labute approximate surface area is 156 Å². The van der Waals surface area contributed by atoms with Crippen molar-refractivity contribution in [2.75, 3.05) is 21.3 Å². The second kappa shape index (κ2) is 7.99. The molecule has 0 aromatic heterocycles. The predicted octanol–water partition coefficient (Wildman–Crippen LogP) is 2.74. The third-order valence-electron chi connectivity index (χ3n) is 4.84. The number of methoxy groups -OCH3 is 2. The fourth-order valence-electron chi connectivity index (χ4n) is 3.04. The van der Waals surface area contributed by atoms with Gasteiger partial charge in [-0.3, -0.25) is 5.73 Å². The lowest BCUT2D eigenvalue weighted by molar-refractivity contribution is 0.282. The van der Waals surface area contributed by atoms with Gasteiger partial charge in [-0.2, -0.15) is 0 Å². The van der Waals surface area contributed by atoms with E-state index in [1.165, 1.54) is 11.1 Å². The fourth-order valence-corrected chi connectivity index (χ4v) is 3.04. The minimum Gasteiger partial charge on any atom is -0.493 e. The van der Waals surface area contributed by atoms with Crippen molar-refractivity contribution in [3.05, 3.63) is 35.0 Å². The summed E-state index contributed by atoms with van der Waals surface area (Å²) < 4.78 is 11.0. The van der Waals surface area contributed by atoms with Crippen LogP contribution in [0, 0.1) is 5.92 Å². The number of rotatable bonds is 6. The van der Waals surface area contributed by atoms with Gasteiger partial charge in [0.05, 0.1) is 14.2 Å². The molecule has 2 rings (SSSR count). The Balaban J connectivity index is 2.41. The van der Waals surface area contributed by atoms with Crippen molar-refractivity contribution in [1.29, 1.82) is 0 Å². The fraction of sp³-hybridized carbons (Fsp3) is 0.550. The summed E-state index contributed by atoms with van der Waals surface area (Å²) >= 11 is 0. The number of likely N-dealkylation sites (N-methyl/N-ethyl adjacent to an activating group) is 1. The van der Waals surface area contributed by atoms with Crippen molar-refractivity contribution in [3.8, 4) is 11.5 Å². The molecule has 1 unspecified atom stereocenters. The number of benzene rings is 1. The summed E-state index contributed by atoms with van der Waals surface area (Å²) in [5.74, 6) is 2.02. The van der Waals surface area contributed by atoms with Gasteiger partial charge in [0.2, 0.25) is 0 Å². The maximum absolute atomic E-state index is 6.37. The maximum Gasteiger partial charge on any atom is 0.186 e. The first-order valence-corrected chi connectivity index (χ1v) is 9.04. The summed E-state index contributed by atoms with van der Waals surface area (Å²) in [7, 11) is 5.19. The van der Waals surface area contributed by atoms with Crippen LogP contribution < -0.4 is 25.8 Å². The lowest BCUT2D eigenvalue weighted by atomic mass is 9.91. The van der Waals surface area contributed by atoms with Crippen LogP contribution in [0.25, 0.3) is 0 Å². The molecule has 0 spiro atoms. The Morgan fingerprint density at radius 3 is 2.27 bits per heavy atom. The maximum atomic E-state index is 6.37. The van der Waals surface area contributed by atoms with Gasteiger partial charge >= 0.3 is 0 Å². The second-order valence-electron chi connectivity index (χ2n) is 7.24. The summed E-state index contributed by atoms with van der Waals surface area (Å²) in [6, 6.07) is 4.11. The Hall–Kier alpha value is -2.21. The second-order valence-corrected chi connectivity index (χ2v) is 7.24. The van der Waals surface area contributed by atoms with E-state index >= 15 is 0 Å². The van der Waals surface area contributed by atoms with Crippen molar-refractivity contribution in [2.45, 2.75) is 45.8 Å². The highest BCUT2D eigenvalue weighted by atomic mass is 16.5. The summed E-state index contributed by atoms with van der Waals surface area (Å²) in [5.41, 5.74) is 9.84. The Morgan fingerprint density at radius 1 is 1.15 bits per heavy atom. The molecule has 26 heavy (non-hydrogen) atoms. The van der Waals surface area contributed by atoms with Gasteiger partial charge in [0.25, 0.3) is 0 Å². The first-order valence-electron chi connectivity index (χ1n) is 9.04. The predicted molar refractivity (Wildman–Crippen MR) is 107 cm³/mol. The first kappa shape index (κ1) is 20.1. The average Bonchev–Trinajstić information content (AvgIpc) is 2.62. The third-order valence-corrected chi connectivity index (χ3v) is 4.84. The van der Waals surface area contributed by atoms with Gasteiger partial charge < -0.3 is 20.1 Å². The van der Waals surface area contributed by atoms with Crippen LogP contribution in [-0.2, 0) is 6.42 Å². The molecule has 1 aliphatic rings. The van der Waals surface area contributed by atoms with Crippen molar-refractivity contribution in [1.82, 2.24) is 10.6 Å². The molecular weight excluding hydrogens is 328 g/mol. The van der Waals surface area contributed by atoms with Crippen LogP contribution >= 0.6 is 0 Å². The summed E-state index contributed by atoms with van der Waals surface area (Å²) in [6.45, 7) is 8.45. The van der Waals surface area contributed by atoms with E-state index in [1.807, 2.05) is 27.1 Å². The number of aliphatic imine (C=N–C) groups is 1. The molecule has 1 aliphatic heterocycles. The normalized spacial score (nSPS) is 19.8. The van der Waals surface area contributed by atoms with Crippen LogP contribution in [0.4, 0.5) is 0 Å². The van der Waals surface area contributed by atoms with Crippen LogP contribution in [0.1, 0.15) is 44.7 Å². The van der Waals surface area contributed by atoms with Gasteiger partial charge in [-0.05, 0) is 29.2 Å². The molecule has 0 bridgehead atoms. The van der Waals surface area contributed by atoms with E-state index in [0.717, 1.165) is 22.9 Å². The van der Waals surface area contributed by atoms with Crippen molar-refractivity contribution in [3.63, 3.8) is 0 Å². The number of nitrogens with two attached hydrogens (primary N) is 1. The first-order chi connectivity index (χ1) is 12.3. The van der Waals surface area contributed by atoms with E-state index in [0.29, 0.717) is 12.3 Å². The smallest absolute Gasteiger partial charge is 0.186 e. The summed E-state index contributed by atoms with van der Waals surface area (Å²) in [5, 5.41) is 6.45. The summed E-state index contributed by atoms with van der Waals surface area (Å²) in [4.78, 5) is 4.71. The minimum absolute atomic E-state index is 0.163. The van der Waals surface area contributed by atoms with E-state index < -0.39 is 5.79 Å². The number of nitrogens with zero attached hydrogens (tertiary/aromatic N) is 1. The summed E-state index contributed by atoms with van der Waals surface area (Å²) in [6.07, 6.45) is 2.69. The highest BCUT2D eigenvalue weighted by Gasteiger charge is 2.31. The van der Waals surface area contributed by atoms with Crippen molar-refractivity contribution in [2.24, 2.45) is 16.6 Å². The van der Waals surface area contributed by atoms with E-state index in [4.69, 9.17) is 20.2 Å². The van der Waals surface area contributed by atoms with Crippen molar-refractivity contribution < 1.29 is 9.47 Å². The van der Waals surface area contributed by atoms with E-state index in [9.17, 15) is 0 Å². The third kappa shape index (κ3) is 3.96. The quantitative estimate of drug-likeness (QED) is 0.727. The van der Waals surface area contributed by atoms with Gasteiger partial charge in [0.15, 0.2) is 17.3 Å². The molecule has 0 radical (unpaired) electrons. The van der Waals surface area contributed by atoms with Gasteiger partial charge in [0.1, 0.15) is 5.84 Å². The van der Waals surface area contributed by atoms with Gasteiger partial charge in [-0.25, -0.2) is 4.99 Å². The molecule has 1 aromatic carbocycles. The highest BCUT2D eigenvalue weighted by molar-refractivity contribution is 5.99. The minimum atomic E-state index is -0.791. The number of nitrogens with one attached hydrogen (secondary N) is 2. The molecule has 1 atom stereocenters. The zero-order valence-electron chi connectivity index (χ0n) is 16.9. The van der Waals surface area contributed by atoms with Gasteiger partial charge in [-0.15, -0.1) is 0 Å². The lowest BCUT2D eigenvalue weighted by Gasteiger charge is -2.34. The molecule has 144 valence electrons. The molecule has 0 fully saturated rings. The monoisotopic (exact) mass is 360 g/mol. The number of amidine groups is 1. The van der Waals surface area contributed by atoms with E-state index in [2.05, 4.69) is 36.6 Å². The molecule has 0 aliphatic carbocycles. The molecule has 0 saturated carbocycles. The van der Waals surface area contributed by atoms with Crippen LogP contribution in [0.2, 0.25) is 0 Å². The zero-order chi connectivity index (χ0) is 19.5. The largest absolute Gasteiger partial charge is 0.493 e. The SMILES string of the molecule is CNC1=NC(N)(C(C)C)NC=C1Cc1cc(OC)c(OC)cc1C(C)C. The standard InChI is InChI=1S/C20H32N4O2/c1-12(2)16-10-18(26-7)17(25-6)9-14(16)8-15-11-23-20(21,13(3)4)24-19(15)22-5/h9-13,23H,8,21H2,1-7H3,(H,22,24). The molecule has 1 heterocycles. The molecule has 4 N–H and O–H groups in total. The van der Waals surface area contributed by atoms with Crippen LogP contribution in [-0.4, -0.2) is 32.9 Å². The van der Waals surface area contributed by atoms with Gasteiger partial charge in [0, 0.05) is 31.2 Å². The lowest BCUT2D eigenvalue weighted by Crippen LogP contribution is -2.57. The topological polar surface area (TPSA) is 80.9 Å². The molecule has 1 aromatic rings. The number of hydrogen-bond donors (Lipinski definition) is 3. The van der Waals surface area contributed by atoms with Gasteiger partial charge in [-0.1, -0.05) is 27.7 Å². The Bertz CT molecular complexity index is 710. The highest BCUT2D eigenvalue weighted by Crippen LogP contribution is 2.35. The van der Waals surface area contributed by atoms with E-state index in [1.54, 1.807) is 14.2 Å². The van der Waals surface area contributed by atoms with Crippen LogP contribution in [0.3, 0.4) is 0 Å². The Morgan fingerprint density at radius 2 is 1.77 bits per heavy atom. The molecular formula is C20H32N4O2. The average molecular weight is 361 g/mol. The number of hydrogen-bond acceptors (Lipinski definition) is 6. The van der Waals surface area contributed by atoms with E-state index in [-0.39, 0.29) is 5.92 Å². The Kier molecular flexibility index (Phi) is 6.18. The van der Waals surface area contributed by atoms with Crippen LogP contribution in [0.15, 0.2) is 28.9 Å². The molecule has 0 amide bonds. The molecule has 6 nitrogen and oxygen atoms in total. The zero-order valence-corrected chi connectivity index (χ0v) is 16.9. The number of ether oxygens (including phenoxy) is 2.